The molecule has 0 radical (unpaired) electrons. The van der Waals surface area contributed by atoms with Crippen molar-refractivity contribution < 1.29 is 18.8 Å². The Morgan fingerprint density at radius 3 is 2.82 bits per heavy atom. The third kappa shape index (κ3) is 5.81. The summed E-state index contributed by atoms with van der Waals surface area (Å²) < 4.78 is 14.1. The molecule has 0 unspecified atom stereocenters. The van der Waals surface area contributed by atoms with Crippen LogP contribution in [0.4, 0.5) is 10.1 Å². The van der Waals surface area contributed by atoms with E-state index in [1.54, 1.807) is 18.2 Å². The van der Waals surface area contributed by atoms with E-state index in [0.717, 1.165) is 12.8 Å². The summed E-state index contributed by atoms with van der Waals surface area (Å²) in [6, 6.07) is 5.47. The molecule has 8 nitrogen and oxygen atoms in total. The molecule has 1 aromatic heterocycles. The van der Waals surface area contributed by atoms with Crippen LogP contribution in [-0.4, -0.2) is 46.7 Å². The van der Waals surface area contributed by atoms with E-state index in [9.17, 15) is 18.8 Å². The summed E-state index contributed by atoms with van der Waals surface area (Å²) in [4.78, 5) is 43.1. The number of primary amides is 1. The van der Waals surface area contributed by atoms with Gasteiger partial charge in [0.2, 0.25) is 11.8 Å². The zero-order chi connectivity index (χ0) is 24.7. The second-order valence-electron chi connectivity index (χ2n) is 7.72. The van der Waals surface area contributed by atoms with Crippen LogP contribution in [0.3, 0.4) is 0 Å². The molecule has 2 aromatic rings. The third-order valence-corrected chi connectivity index (χ3v) is 5.85. The van der Waals surface area contributed by atoms with Crippen molar-refractivity contribution >= 4 is 40.6 Å². The second kappa shape index (κ2) is 11.4. The SMILES string of the molecule is C=C=C(C(N)=O)c1ccncc1NCC(=O)N1CCCC[C@H]1C(=O)NCc1cccc(Cl)c1F. The molecule has 1 fully saturated rings. The van der Waals surface area contributed by atoms with Crippen molar-refractivity contribution in [1.29, 1.82) is 0 Å². The van der Waals surface area contributed by atoms with Gasteiger partial charge in [-0.1, -0.05) is 30.3 Å². The van der Waals surface area contributed by atoms with E-state index >= 15 is 0 Å². The summed E-state index contributed by atoms with van der Waals surface area (Å²) in [7, 11) is 0. The molecule has 2 heterocycles. The summed E-state index contributed by atoms with van der Waals surface area (Å²) in [5, 5.41) is 5.65. The molecular formula is C24H25ClFN5O3. The summed E-state index contributed by atoms with van der Waals surface area (Å²) in [6.45, 7) is 3.74. The molecule has 4 N–H and O–H groups in total. The fourth-order valence-electron chi connectivity index (χ4n) is 3.83. The van der Waals surface area contributed by atoms with Gasteiger partial charge in [0.1, 0.15) is 11.9 Å². The number of benzene rings is 1. The molecule has 0 aliphatic carbocycles. The Bertz CT molecular complexity index is 1150. The van der Waals surface area contributed by atoms with Crippen LogP contribution < -0.4 is 16.4 Å². The number of amides is 3. The number of hydrogen-bond acceptors (Lipinski definition) is 5. The number of halogens is 2. The number of aromatic nitrogens is 1. The number of rotatable bonds is 8. The molecule has 10 heteroatoms. The van der Waals surface area contributed by atoms with Crippen molar-refractivity contribution in [2.24, 2.45) is 5.73 Å². The van der Waals surface area contributed by atoms with Gasteiger partial charge in [0, 0.05) is 30.4 Å². The zero-order valence-electron chi connectivity index (χ0n) is 18.4. The number of likely N-dealkylation sites (tertiary alicyclic amines) is 1. The normalized spacial score (nSPS) is 15.2. The molecule has 1 saturated heterocycles. The van der Waals surface area contributed by atoms with E-state index in [0.29, 0.717) is 24.2 Å². The number of nitrogens with two attached hydrogens (primary N) is 1. The smallest absolute Gasteiger partial charge is 0.257 e. The fourth-order valence-corrected chi connectivity index (χ4v) is 4.02. The van der Waals surface area contributed by atoms with Crippen LogP contribution in [0.25, 0.3) is 5.57 Å². The Balaban J connectivity index is 1.67. The number of nitrogens with zero attached hydrogens (tertiary/aromatic N) is 2. The minimum Gasteiger partial charge on any atom is -0.374 e. The minimum absolute atomic E-state index is 0.0205. The van der Waals surface area contributed by atoms with Crippen molar-refractivity contribution in [3.63, 3.8) is 0 Å². The van der Waals surface area contributed by atoms with Gasteiger partial charge in [0.25, 0.3) is 5.91 Å². The predicted molar refractivity (Wildman–Crippen MR) is 127 cm³/mol. The monoisotopic (exact) mass is 485 g/mol. The summed E-state index contributed by atoms with van der Waals surface area (Å²) >= 11 is 5.80. The van der Waals surface area contributed by atoms with Gasteiger partial charge in [-0.3, -0.25) is 19.4 Å². The third-order valence-electron chi connectivity index (χ3n) is 5.55. The lowest BCUT2D eigenvalue weighted by Gasteiger charge is -2.35. The zero-order valence-corrected chi connectivity index (χ0v) is 19.2. The first-order valence-corrected chi connectivity index (χ1v) is 11.1. The Morgan fingerprint density at radius 2 is 2.09 bits per heavy atom. The number of nitrogens with one attached hydrogen (secondary N) is 2. The summed E-state index contributed by atoms with van der Waals surface area (Å²) in [5.74, 6) is -1.95. The van der Waals surface area contributed by atoms with Gasteiger partial charge >= 0.3 is 0 Å². The van der Waals surface area contributed by atoms with Crippen molar-refractivity contribution in [3.05, 3.63) is 70.9 Å². The number of carbonyl (C=O) groups excluding carboxylic acids is 3. The standard InChI is InChI=1S/C24H25ClFN5O3/c1-2-16(23(27)33)17-9-10-28-13-19(17)29-14-21(32)31-11-4-3-8-20(31)24(34)30-12-15-6-5-7-18(25)22(15)26/h5-7,9-10,13,20,29H,1,3-4,8,11-12,14H2,(H2,27,33)(H,30,34)/t20-/m0/s1. The molecule has 34 heavy (non-hydrogen) atoms. The van der Waals surface area contributed by atoms with E-state index in [2.05, 4.69) is 27.9 Å². The number of pyridine rings is 1. The molecule has 0 saturated carbocycles. The van der Waals surface area contributed by atoms with Gasteiger partial charge in [0.15, 0.2) is 0 Å². The maximum atomic E-state index is 14.1. The van der Waals surface area contributed by atoms with Gasteiger partial charge < -0.3 is 21.3 Å². The maximum Gasteiger partial charge on any atom is 0.257 e. The van der Waals surface area contributed by atoms with Gasteiger partial charge in [-0.25, -0.2) is 4.39 Å². The lowest BCUT2D eigenvalue weighted by molar-refractivity contribution is -0.141. The summed E-state index contributed by atoms with van der Waals surface area (Å²) in [6.07, 6.45) is 5.00. The highest BCUT2D eigenvalue weighted by Gasteiger charge is 2.32. The first kappa shape index (κ1) is 25.0. The molecule has 0 spiro atoms. The summed E-state index contributed by atoms with van der Waals surface area (Å²) in [5.41, 5.74) is 9.06. The van der Waals surface area contributed by atoms with Crippen molar-refractivity contribution in [3.8, 4) is 0 Å². The van der Waals surface area contributed by atoms with Crippen LogP contribution in [0.2, 0.25) is 5.02 Å². The molecule has 1 atom stereocenters. The van der Waals surface area contributed by atoms with E-state index in [-0.39, 0.29) is 41.1 Å². The van der Waals surface area contributed by atoms with Crippen LogP contribution in [0.1, 0.15) is 30.4 Å². The Morgan fingerprint density at radius 1 is 1.29 bits per heavy atom. The van der Waals surface area contributed by atoms with E-state index < -0.39 is 17.8 Å². The van der Waals surface area contributed by atoms with Crippen LogP contribution in [0.15, 0.2) is 49.0 Å². The predicted octanol–water partition coefficient (Wildman–Crippen LogP) is 2.64. The van der Waals surface area contributed by atoms with Gasteiger partial charge in [-0.15, -0.1) is 5.73 Å². The lowest BCUT2D eigenvalue weighted by atomic mass is 10.0. The molecule has 1 aliphatic heterocycles. The van der Waals surface area contributed by atoms with Crippen molar-refractivity contribution in [2.75, 3.05) is 18.4 Å². The molecule has 0 bridgehead atoms. The quantitative estimate of drug-likeness (QED) is 0.392. The van der Waals surface area contributed by atoms with Gasteiger partial charge in [-0.2, -0.15) is 0 Å². The highest BCUT2D eigenvalue weighted by Crippen LogP contribution is 2.23. The van der Waals surface area contributed by atoms with Crippen LogP contribution in [0, 0.1) is 5.82 Å². The largest absolute Gasteiger partial charge is 0.374 e. The Labute approximate surface area is 201 Å². The number of hydrogen-bond donors (Lipinski definition) is 3. The number of anilines is 1. The van der Waals surface area contributed by atoms with Gasteiger partial charge in [0.05, 0.1) is 29.0 Å². The molecular weight excluding hydrogens is 461 g/mol. The van der Waals surface area contributed by atoms with E-state index in [1.807, 2.05) is 0 Å². The highest BCUT2D eigenvalue weighted by molar-refractivity contribution is 6.30. The van der Waals surface area contributed by atoms with Crippen LogP contribution in [0.5, 0.6) is 0 Å². The van der Waals surface area contributed by atoms with Gasteiger partial charge in [-0.05, 0) is 31.4 Å². The first-order valence-electron chi connectivity index (χ1n) is 10.7. The average Bonchev–Trinajstić information content (AvgIpc) is 2.84. The maximum absolute atomic E-state index is 14.1. The highest BCUT2D eigenvalue weighted by atomic mass is 35.5. The van der Waals surface area contributed by atoms with Crippen LogP contribution in [-0.2, 0) is 20.9 Å². The Hall–Kier alpha value is -3.68. The molecule has 3 amide bonds. The van der Waals surface area contributed by atoms with Crippen LogP contribution >= 0.6 is 11.6 Å². The Kier molecular flexibility index (Phi) is 8.40. The first-order chi connectivity index (χ1) is 16.3. The van der Waals surface area contributed by atoms with E-state index in [1.165, 1.54) is 23.4 Å². The lowest BCUT2D eigenvalue weighted by Crippen LogP contribution is -2.53. The molecule has 178 valence electrons. The topological polar surface area (TPSA) is 117 Å². The fraction of sp³-hybridized carbons (Fsp3) is 0.292. The average molecular weight is 486 g/mol. The van der Waals surface area contributed by atoms with Crippen molar-refractivity contribution in [1.82, 2.24) is 15.2 Å². The number of carbonyl (C=O) groups is 3. The van der Waals surface area contributed by atoms with E-state index in [4.69, 9.17) is 17.3 Å². The number of piperidine rings is 1. The minimum atomic E-state index is -0.709. The second-order valence-corrected chi connectivity index (χ2v) is 8.13. The molecule has 1 aliphatic rings. The molecule has 3 rings (SSSR count). The molecule has 1 aromatic carbocycles. The van der Waals surface area contributed by atoms with Crippen molar-refractivity contribution in [2.45, 2.75) is 31.8 Å².